The number of likely N-dealkylation sites (tertiary alicyclic amines) is 1. The summed E-state index contributed by atoms with van der Waals surface area (Å²) in [7, 11) is 0. The minimum Gasteiger partial charge on any atom is -0.481 e. The highest BCUT2D eigenvalue weighted by molar-refractivity contribution is 5.76. The summed E-state index contributed by atoms with van der Waals surface area (Å²) in [6, 6.07) is -0.560. The molecule has 2 heterocycles. The van der Waals surface area contributed by atoms with Crippen LogP contribution in [0.15, 0.2) is 6.33 Å². The van der Waals surface area contributed by atoms with Crippen molar-refractivity contribution in [1.29, 1.82) is 0 Å². The van der Waals surface area contributed by atoms with Crippen LogP contribution in [0.5, 0.6) is 0 Å². The number of aromatic nitrogens is 3. The molecule has 0 radical (unpaired) electrons. The van der Waals surface area contributed by atoms with Crippen LogP contribution in [0.4, 0.5) is 4.79 Å². The summed E-state index contributed by atoms with van der Waals surface area (Å²) in [5.74, 6) is -0.749. The third-order valence-corrected chi connectivity index (χ3v) is 3.24. The first-order valence-electron chi connectivity index (χ1n) is 6.21. The maximum absolute atomic E-state index is 12.0. The quantitative estimate of drug-likeness (QED) is 0.732. The number of carbonyl (C=O) groups is 2. The second-order valence-corrected chi connectivity index (χ2v) is 4.67. The molecule has 1 fully saturated rings. The first kappa shape index (κ1) is 13.3. The summed E-state index contributed by atoms with van der Waals surface area (Å²) >= 11 is 0. The average Bonchev–Trinajstić information content (AvgIpc) is 2.92. The Morgan fingerprint density at radius 3 is 3.05 bits per heavy atom. The zero-order valence-electron chi connectivity index (χ0n) is 10.7. The molecular formula is C11H17N5O3. The smallest absolute Gasteiger partial charge is 0.318 e. The molecule has 1 saturated heterocycles. The molecule has 19 heavy (non-hydrogen) atoms. The molecule has 1 aliphatic heterocycles. The van der Waals surface area contributed by atoms with E-state index >= 15 is 0 Å². The van der Waals surface area contributed by atoms with E-state index in [1.807, 2.05) is 0 Å². The zero-order chi connectivity index (χ0) is 13.8. The maximum Gasteiger partial charge on any atom is 0.318 e. The Bertz CT molecular complexity index is 447. The number of carboxylic acids is 1. The predicted molar refractivity (Wildman–Crippen MR) is 65.3 cm³/mol. The first-order chi connectivity index (χ1) is 9.08. The van der Waals surface area contributed by atoms with Gasteiger partial charge in [0.25, 0.3) is 0 Å². The number of H-pyrrole nitrogens is 1. The van der Waals surface area contributed by atoms with E-state index in [2.05, 4.69) is 20.5 Å². The van der Waals surface area contributed by atoms with Gasteiger partial charge in [-0.2, -0.15) is 5.10 Å². The van der Waals surface area contributed by atoms with Crippen LogP contribution in [0.3, 0.4) is 0 Å². The number of aromatic amines is 1. The number of nitrogens with zero attached hydrogens (tertiary/aromatic N) is 3. The molecule has 0 aromatic carbocycles. The van der Waals surface area contributed by atoms with Crippen LogP contribution >= 0.6 is 0 Å². The van der Waals surface area contributed by atoms with Crippen LogP contribution in [0.25, 0.3) is 0 Å². The molecule has 2 amide bonds. The molecule has 2 unspecified atom stereocenters. The summed E-state index contributed by atoms with van der Waals surface area (Å²) in [6.07, 6.45) is 2.71. The van der Waals surface area contributed by atoms with Gasteiger partial charge in [0.15, 0.2) is 0 Å². The number of carboxylic acid groups (broad SMARTS) is 1. The molecule has 0 aliphatic carbocycles. The first-order valence-corrected chi connectivity index (χ1v) is 6.21. The van der Waals surface area contributed by atoms with Gasteiger partial charge in [-0.1, -0.05) is 0 Å². The van der Waals surface area contributed by atoms with Gasteiger partial charge in [-0.3, -0.25) is 9.89 Å². The van der Waals surface area contributed by atoms with E-state index in [0.717, 1.165) is 0 Å². The van der Waals surface area contributed by atoms with E-state index in [-0.39, 0.29) is 18.6 Å². The van der Waals surface area contributed by atoms with Crippen LogP contribution < -0.4 is 5.32 Å². The highest BCUT2D eigenvalue weighted by Gasteiger charge is 2.28. The minimum absolute atomic E-state index is 0.254. The lowest BCUT2D eigenvalue weighted by atomic mass is 9.99. The summed E-state index contributed by atoms with van der Waals surface area (Å²) in [5, 5.41) is 18.2. The van der Waals surface area contributed by atoms with Crippen molar-refractivity contribution in [1.82, 2.24) is 25.4 Å². The molecule has 2 atom stereocenters. The number of hydrogen-bond donors (Lipinski definition) is 3. The van der Waals surface area contributed by atoms with E-state index in [4.69, 9.17) is 5.11 Å². The number of carbonyl (C=O) groups excluding carboxylic acids is 1. The van der Waals surface area contributed by atoms with Gasteiger partial charge in [-0.15, -0.1) is 0 Å². The summed E-state index contributed by atoms with van der Waals surface area (Å²) in [5.41, 5.74) is 0. The lowest BCUT2D eigenvalue weighted by molar-refractivity contribution is -0.143. The van der Waals surface area contributed by atoms with Crippen molar-refractivity contribution in [3.05, 3.63) is 12.2 Å². The topological polar surface area (TPSA) is 111 Å². The molecule has 2 rings (SSSR count). The van der Waals surface area contributed by atoms with Gasteiger partial charge in [-0.05, 0) is 19.8 Å². The van der Waals surface area contributed by atoms with E-state index in [1.165, 1.54) is 11.2 Å². The van der Waals surface area contributed by atoms with Crippen LogP contribution in [0.2, 0.25) is 0 Å². The van der Waals surface area contributed by atoms with Crippen LogP contribution in [0.1, 0.15) is 31.6 Å². The molecule has 1 aliphatic rings. The largest absolute Gasteiger partial charge is 0.481 e. The summed E-state index contributed by atoms with van der Waals surface area (Å²) in [4.78, 5) is 28.5. The third-order valence-electron chi connectivity index (χ3n) is 3.24. The lowest BCUT2D eigenvalue weighted by Gasteiger charge is -2.31. The SMILES string of the molecule is CC(NC(=O)N1CCCC(C(=O)O)C1)c1ncn[nH]1. The van der Waals surface area contributed by atoms with Gasteiger partial charge in [0.1, 0.15) is 12.2 Å². The molecule has 104 valence electrons. The number of nitrogens with one attached hydrogen (secondary N) is 2. The van der Waals surface area contributed by atoms with Crippen molar-refractivity contribution in [2.75, 3.05) is 13.1 Å². The number of aliphatic carboxylic acids is 1. The molecule has 0 bridgehead atoms. The van der Waals surface area contributed by atoms with Crippen molar-refractivity contribution in [3.63, 3.8) is 0 Å². The van der Waals surface area contributed by atoms with Crippen molar-refractivity contribution < 1.29 is 14.7 Å². The van der Waals surface area contributed by atoms with E-state index < -0.39 is 11.9 Å². The minimum atomic E-state index is -0.846. The Balaban J connectivity index is 1.91. The Kier molecular flexibility index (Phi) is 3.98. The fraction of sp³-hybridized carbons (Fsp3) is 0.636. The Labute approximate surface area is 110 Å². The van der Waals surface area contributed by atoms with Crippen LogP contribution in [-0.4, -0.2) is 50.3 Å². The van der Waals surface area contributed by atoms with Crippen molar-refractivity contribution in [3.8, 4) is 0 Å². The van der Waals surface area contributed by atoms with Gasteiger partial charge < -0.3 is 15.3 Å². The van der Waals surface area contributed by atoms with Gasteiger partial charge in [0.05, 0.1) is 12.0 Å². The summed E-state index contributed by atoms with van der Waals surface area (Å²) in [6.45, 7) is 2.63. The molecule has 1 aromatic heterocycles. The van der Waals surface area contributed by atoms with Gasteiger partial charge in [0, 0.05) is 13.1 Å². The average molecular weight is 267 g/mol. The molecular weight excluding hydrogens is 250 g/mol. The number of urea groups is 1. The van der Waals surface area contributed by atoms with Crippen LogP contribution in [-0.2, 0) is 4.79 Å². The Morgan fingerprint density at radius 1 is 1.63 bits per heavy atom. The van der Waals surface area contributed by atoms with Gasteiger partial charge in [0.2, 0.25) is 0 Å². The standard InChI is InChI=1S/C11H17N5O3/c1-7(9-12-6-13-15-9)14-11(19)16-4-2-3-8(5-16)10(17)18/h6-8H,2-5H2,1H3,(H,14,19)(H,17,18)(H,12,13,15). The molecule has 0 saturated carbocycles. The zero-order valence-corrected chi connectivity index (χ0v) is 10.7. The number of amides is 2. The lowest BCUT2D eigenvalue weighted by Crippen LogP contribution is -2.47. The van der Waals surface area contributed by atoms with E-state index in [0.29, 0.717) is 25.2 Å². The van der Waals surface area contributed by atoms with Crippen molar-refractivity contribution in [2.45, 2.75) is 25.8 Å². The number of hydrogen-bond acceptors (Lipinski definition) is 4. The maximum atomic E-state index is 12.0. The van der Waals surface area contributed by atoms with Gasteiger partial charge in [-0.25, -0.2) is 9.78 Å². The molecule has 1 aromatic rings. The highest BCUT2D eigenvalue weighted by Crippen LogP contribution is 2.17. The second-order valence-electron chi connectivity index (χ2n) is 4.67. The Morgan fingerprint density at radius 2 is 2.42 bits per heavy atom. The third kappa shape index (κ3) is 3.21. The molecule has 0 spiro atoms. The fourth-order valence-electron chi connectivity index (χ4n) is 2.13. The van der Waals surface area contributed by atoms with Crippen molar-refractivity contribution >= 4 is 12.0 Å². The van der Waals surface area contributed by atoms with Gasteiger partial charge >= 0.3 is 12.0 Å². The predicted octanol–water partition coefficient (Wildman–Crippen LogP) is 0.372. The summed E-state index contributed by atoms with van der Waals surface area (Å²) < 4.78 is 0. The number of rotatable bonds is 3. The fourth-order valence-corrected chi connectivity index (χ4v) is 2.13. The molecule has 8 nitrogen and oxygen atoms in total. The monoisotopic (exact) mass is 267 g/mol. The normalized spacial score (nSPS) is 20.9. The van der Waals surface area contributed by atoms with E-state index in [9.17, 15) is 9.59 Å². The second kappa shape index (κ2) is 5.68. The highest BCUT2D eigenvalue weighted by atomic mass is 16.4. The molecule has 8 heteroatoms. The van der Waals surface area contributed by atoms with Crippen molar-refractivity contribution in [2.24, 2.45) is 5.92 Å². The number of piperidine rings is 1. The van der Waals surface area contributed by atoms with Crippen LogP contribution in [0, 0.1) is 5.92 Å². The van der Waals surface area contributed by atoms with E-state index in [1.54, 1.807) is 6.92 Å². The molecule has 3 N–H and O–H groups in total. The Hall–Kier alpha value is -2.12.